The number of hydrogen-bond donors (Lipinski definition) is 0. The molecule has 2 atom stereocenters. The highest BCUT2D eigenvalue weighted by atomic mass is 14.3. The summed E-state index contributed by atoms with van der Waals surface area (Å²) in [5.74, 6) is 1.27. The van der Waals surface area contributed by atoms with Crippen LogP contribution >= 0.6 is 0 Å². The molecule has 0 heterocycles. The van der Waals surface area contributed by atoms with Crippen LogP contribution in [-0.4, -0.2) is 0 Å². The summed E-state index contributed by atoms with van der Waals surface area (Å²) < 4.78 is 0. The van der Waals surface area contributed by atoms with Crippen LogP contribution in [0, 0.1) is 12.1 Å². The fourth-order valence-electron chi connectivity index (χ4n) is 3.54. The van der Waals surface area contributed by atoms with Crippen LogP contribution in [0.3, 0.4) is 0 Å². The molecule has 3 rings (SSSR count). The van der Waals surface area contributed by atoms with Crippen molar-refractivity contribution in [2.45, 2.75) is 50.4 Å². The molecule has 0 heteroatoms. The van der Waals surface area contributed by atoms with Gasteiger partial charge < -0.3 is 0 Å². The van der Waals surface area contributed by atoms with E-state index in [1.165, 1.54) is 49.7 Å². The van der Waals surface area contributed by atoms with Crippen LogP contribution in [0.25, 0.3) is 0 Å². The molecule has 0 bridgehead atoms. The van der Waals surface area contributed by atoms with E-state index in [9.17, 15) is 0 Å². The highest BCUT2D eigenvalue weighted by molar-refractivity contribution is 5.28. The lowest BCUT2D eigenvalue weighted by molar-refractivity contribution is 0.405. The van der Waals surface area contributed by atoms with Crippen LogP contribution in [0.15, 0.2) is 48.5 Å². The molecule has 0 saturated heterocycles. The van der Waals surface area contributed by atoms with E-state index in [-0.39, 0.29) is 0 Å². The molecule has 102 valence electrons. The van der Waals surface area contributed by atoms with Crippen molar-refractivity contribution in [2.24, 2.45) is 0 Å². The second-order valence-corrected chi connectivity index (χ2v) is 5.86. The van der Waals surface area contributed by atoms with Gasteiger partial charge in [0.15, 0.2) is 0 Å². The van der Waals surface area contributed by atoms with Crippen molar-refractivity contribution in [1.82, 2.24) is 0 Å². The molecule has 1 aliphatic carbocycles. The molecule has 2 aromatic rings. The van der Waals surface area contributed by atoms with Gasteiger partial charge in [-0.15, -0.1) is 0 Å². The summed E-state index contributed by atoms with van der Waals surface area (Å²) in [5, 5.41) is 0. The van der Waals surface area contributed by atoms with Gasteiger partial charge >= 0.3 is 0 Å². The quantitative estimate of drug-likeness (QED) is 0.669. The lowest BCUT2D eigenvalue weighted by Gasteiger charge is -2.30. The smallest absolute Gasteiger partial charge is 0.00869 e. The zero-order chi connectivity index (χ0) is 13.6. The van der Waals surface area contributed by atoms with Gasteiger partial charge in [-0.05, 0) is 47.9 Å². The zero-order valence-corrected chi connectivity index (χ0v) is 12.0. The molecule has 1 aliphatic rings. The van der Waals surface area contributed by atoms with E-state index in [1.807, 2.05) is 0 Å². The highest BCUT2D eigenvalue weighted by Crippen LogP contribution is 2.41. The van der Waals surface area contributed by atoms with Gasteiger partial charge in [-0.3, -0.25) is 0 Å². The fourth-order valence-corrected chi connectivity index (χ4v) is 3.54. The van der Waals surface area contributed by atoms with Crippen molar-refractivity contribution in [3.05, 3.63) is 71.8 Å². The Balaban J connectivity index is 1.92. The van der Waals surface area contributed by atoms with Crippen molar-refractivity contribution in [3.8, 4) is 0 Å². The summed E-state index contributed by atoms with van der Waals surface area (Å²) >= 11 is 0. The van der Waals surface area contributed by atoms with Gasteiger partial charge in [-0.1, -0.05) is 74.2 Å². The van der Waals surface area contributed by atoms with E-state index in [2.05, 4.69) is 60.7 Å². The van der Waals surface area contributed by atoms with Gasteiger partial charge in [0, 0.05) is 0 Å². The average molecular weight is 262 g/mol. The van der Waals surface area contributed by atoms with E-state index in [1.54, 1.807) is 0 Å². The Morgan fingerprint density at radius 2 is 1.50 bits per heavy atom. The maximum atomic E-state index is 3.48. The first-order chi connectivity index (χ1) is 9.95. The molecule has 0 aliphatic heterocycles. The second kappa shape index (κ2) is 6.74. The molecule has 2 aromatic carbocycles. The Morgan fingerprint density at radius 3 is 2.20 bits per heavy atom. The number of hydrogen-bond acceptors (Lipinski definition) is 0. The molecule has 0 nitrogen and oxygen atoms in total. The normalized spacial score (nSPS) is 23.8. The van der Waals surface area contributed by atoms with Gasteiger partial charge in [0.05, 0.1) is 0 Å². The summed E-state index contributed by atoms with van der Waals surface area (Å²) in [6.07, 6.45) is 8.08. The van der Waals surface area contributed by atoms with Crippen LogP contribution in [0.1, 0.15) is 61.5 Å². The molecule has 2 radical (unpaired) electrons. The molecule has 0 spiro atoms. The van der Waals surface area contributed by atoms with Crippen molar-refractivity contribution in [1.29, 1.82) is 0 Å². The third kappa shape index (κ3) is 3.12. The Hall–Kier alpha value is -1.56. The van der Waals surface area contributed by atoms with Crippen molar-refractivity contribution >= 4 is 0 Å². The first kappa shape index (κ1) is 13.4. The monoisotopic (exact) mass is 262 g/mol. The predicted molar refractivity (Wildman–Crippen MR) is 83.7 cm³/mol. The number of benzene rings is 2. The summed E-state index contributed by atoms with van der Waals surface area (Å²) in [6, 6.07) is 23.8. The predicted octanol–water partition coefficient (Wildman–Crippen LogP) is 5.51. The van der Waals surface area contributed by atoms with Gasteiger partial charge in [0.1, 0.15) is 0 Å². The first-order valence-electron chi connectivity index (χ1n) is 7.88. The van der Waals surface area contributed by atoms with E-state index in [4.69, 9.17) is 0 Å². The Morgan fingerprint density at radius 1 is 0.750 bits per heavy atom. The van der Waals surface area contributed by atoms with Gasteiger partial charge in [-0.25, -0.2) is 0 Å². The van der Waals surface area contributed by atoms with Crippen molar-refractivity contribution in [2.75, 3.05) is 0 Å². The molecule has 20 heavy (non-hydrogen) atoms. The molecular formula is C20H22. The molecule has 0 N–H and O–H groups in total. The van der Waals surface area contributed by atoms with Crippen LogP contribution < -0.4 is 0 Å². The largest absolute Gasteiger partial charge is 0.0619 e. The van der Waals surface area contributed by atoms with E-state index in [0.717, 1.165) is 0 Å². The minimum Gasteiger partial charge on any atom is -0.0619 e. The Labute approximate surface area is 122 Å². The lowest BCUT2D eigenvalue weighted by atomic mass is 9.74. The number of rotatable bonds is 2. The van der Waals surface area contributed by atoms with Crippen LogP contribution in [0.2, 0.25) is 0 Å². The summed E-state index contributed by atoms with van der Waals surface area (Å²) in [5.41, 5.74) is 2.88. The molecule has 0 aromatic heterocycles. The lowest BCUT2D eigenvalue weighted by Crippen LogP contribution is -2.14. The molecule has 2 unspecified atom stereocenters. The third-order valence-electron chi connectivity index (χ3n) is 4.57. The van der Waals surface area contributed by atoms with Crippen LogP contribution in [0.5, 0.6) is 0 Å². The second-order valence-electron chi connectivity index (χ2n) is 5.86. The fraction of sp³-hybridized carbons (Fsp3) is 0.400. The maximum absolute atomic E-state index is 3.48. The minimum absolute atomic E-state index is 0.624. The zero-order valence-electron chi connectivity index (χ0n) is 12.0. The van der Waals surface area contributed by atoms with Crippen molar-refractivity contribution in [3.63, 3.8) is 0 Å². The summed E-state index contributed by atoms with van der Waals surface area (Å²) in [7, 11) is 0. The van der Waals surface area contributed by atoms with Crippen molar-refractivity contribution < 1.29 is 0 Å². The SMILES string of the molecule is [c]1ccc(C2CCCCCCC2c2[c]cccc2)cc1. The van der Waals surface area contributed by atoms with Gasteiger partial charge in [0.25, 0.3) is 0 Å². The van der Waals surface area contributed by atoms with E-state index < -0.39 is 0 Å². The summed E-state index contributed by atoms with van der Waals surface area (Å²) in [4.78, 5) is 0. The Bertz CT molecular complexity index is 451. The maximum Gasteiger partial charge on any atom is -0.00869 e. The molecule has 1 fully saturated rings. The third-order valence-corrected chi connectivity index (χ3v) is 4.57. The highest BCUT2D eigenvalue weighted by Gasteiger charge is 2.25. The molecule has 0 amide bonds. The van der Waals surface area contributed by atoms with Crippen LogP contribution in [0.4, 0.5) is 0 Å². The average Bonchev–Trinajstić information content (AvgIpc) is 2.49. The molecule has 1 saturated carbocycles. The standard InChI is InChI=1S/C20H22/c1-2-10-16-20(18-13-7-4-8-14-18)19(15-9-1)17-11-5-3-6-12-17/h3,5-8,11,13-14,19-20H,1-2,9-10,15-16H2. The molecular weight excluding hydrogens is 240 g/mol. The van der Waals surface area contributed by atoms with Crippen LogP contribution in [-0.2, 0) is 0 Å². The van der Waals surface area contributed by atoms with Gasteiger partial charge in [-0.2, -0.15) is 0 Å². The van der Waals surface area contributed by atoms with E-state index in [0.29, 0.717) is 11.8 Å². The summed E-state index contributed by atoms with van der Waals surface area (Å²) in [6.45, 7) is 0. The first-order valence-corrected chi connectivity index (χ1v) is 7.88. The van der Waals surface area contributed by atoms with E-state index >= 15 is 0 Å². The topological polar surface area (TPSA) is 0 Å². The van der Waals surface area contributed by atoms with Gasteiger partial charge in [0.2, 0.25) is 0 Å². The Kier molecular flexibility index (Phi) is 4.53. The minimum atomic E-state index is 0.624.